The Morgan fingerprint density at radius 1 is 1.50 bits per heavy atom. The highest BCUT2D eigenvalue weighted by Crippen LogP contribution is 2.34. The third-order valence-corrected chi connectivity index (χ3v) is 3.66. The lowest BCUT2D eigenvalue weighted by atomic mass is 10.1. The maximum Gasteiger partial charge on any atom is 0.215 e. The number of piperazine rings is 1. The molecule has 2 N–H and O–H groups in total. The summed E-state index contributed by atoms with van der Waals surface area (Å²) in [6.45, 7) is 4.56. The largest absolute Gasteiger partial charge is 0.475 e. The van der Waals surface area contributed by atoms with Crippen molar-refractivity contribution in [3.8, 4) is 5.88 Å². The van der Waals surface area contributed by atoms with Crippen molar-refractivity contribution in [3.05, 3.63) is 17.7 Å². The summed E-state index contributed by atoms with van der Waals surface area (Å²) in [4.78, 5) is 6.99. The van der Waals surface area contributed by atoms with Gasteiger partial charge in [-0.15, -0.1) is 0 Å². The molecule has 98 valence electrons. The van der Waals surface area contributed by atoms with E-state index in [1.54, 1.807) is 0 Å². The minimum Gasteiger partial charge on any atom is -0.475 e. The van der Waals surface area contributed by atoms with E-state index in [4.69, 9.17) is 9.84 Å². The number of nitrogens with zero attached hydrogens (tertiary/aromatic N) is 2. The fourth-order valence-electron chi connectivity index (χ4n) is 2.89. The molecule has 0 unspecified atom stereocenters. The molecule has 0 aliphatic carbocycles. The van der Waals surface area contributed by atoms with Crippen molar-refractivity contribution in [1.29, 1.82) is 0 Å². The Morgan fingerprint density at radius 2 is 2.39 bits per heavy atom. The number of aromatic nitrogens is 1. The van der Waals surface area contributed by atoms with Crippen molar-refractivity contribution in [2.24, 2.45) is 0 Å². The van der Waals surface area contributed by atoms with E-state index >= 15 is 0 Å². The number of pyridine rings is 1. The van der Waals surface area contributed by atoms with Gasteiger partial charge in [0.05, 0.1) is 6.61 Å². The predicted octanol–water partition coefficient (Wildman–Crippen LogP) is 0.175. The minimum absolute atomic E-state index is 0.0193. The van der Waals surface area contributed by atoms with Crippen molar-refractivity contribution in [2.75, 3.05) is 31.2 Å². The Morgan fingerprint density at radius 3 is 3.22 bits per heavy atom. The molecule has 3 rings (SSSR count). The lowest BCUT2D eigenvalue weighted by Crippen LogP contribution is -2.55. The first-order valence-corrected chi connectivity index (χ1v) is 6.52. The maximum atomic E-state index is 8.78. The molecule has 2 atom stereocenters. The van der Waals surface area contributed by atoms with Crippen molar-refractivity contribution < 1.29 is 9.84 Å². The second-order valence-corrected chi connectivity index (χ2v) is 4.98. The van der Waals surface area contributed by atoms with Crippen LogP contribution in [0.4, 0.5) is 5.82 Å². The summed E-state index contributed by atoms with van der Waals surface area (Å²) >= 11 is 0. The molecule has 0 radical (unpaired) electrons. The SMILES string of the molecule is C[C@@H]1CNC[C@H]2Cc3ccc(OCCO)nc3N21. The quantitative estimate of drug-likeness (QED) is 0.800. The summed E-state index contributed by atoms with van der Waals surface area (Å²) in [5.74, 6) is 1.67. The van der Waals surface area contributed by atoms with Crippen LogP contribution in [0.1, 0.15) is 12.5 Å². The van der Waals surface area contributed by atoms with Gasteiger partial charge in [-0.05, 0) is 25.0 Å². The Labute approximate surface area is 107 Å². The van der Waals surface area contributed by atoms with Crippen LogP contribution >= 0.6 is 0 Å². The van der Waals surface area contributed by atoms with Crippen LogP contribution in [0.2, 0.25) is 0 Å². The first-order chi connectivity index (χ1) is 8.79. The van der Waals surface area contributed by atoms with E-state index in [2.05, 4.69) is 28.2 Å². The van der Waals surface area contributed by atoms with Crippen molar-refractivity contribution in [2.45, 2.75) is 25.4 Å². The van der Waals surface area contributed by atoms with Gasteiger partial charge in [-0.3, -0.25) is 0 Å². The van der Waals surface area contributed by atoms with Crippen molar-refractivity contribution in [1.82, 2.24) is 10.3 Å². The van der Waals surface area contributed by atoms with Crippen LogP contribution in [0.15, 0.2) is 12.1 Å². The molecule has 5 nitrogen and oxygen atoms in total. The van der Waals surface area contributed by atoms with Crippen LogP contribution in [0.3, 0.4) is 0 Å². The molecule has 0 spiro atoms. The molecule has 0 amide bonds. The normalized spacial score (nSPS) is 25.8. The van der Waals surface area contributed by atoms with Gasteiger partial charge in [-0.25, -0.2) is 0 Å². The third-order valence-electron chi connectivity index (χ3n) is 3.66. The number of rotatable bonds is 3. The zero-order chi connectivity index (χ0) is 12.5. The number of nitrogens with one attached hydrogen (secondary N) is 1. The minimum atomic E-state index is 0.0193. The van der Waals surface area contributed by atoms with Gasteiger partial charge in [0.15, 0.2) is 0 Å². The van der Waals surface area contributed by atoms with Gasteiger partial charge >= 0.3 is 0 Å². The Hall–Kier alpha value is -1.33. The number of anilines is 1. The molecule has 3 heterocycles. The summed E-state index contributed by atoms with van der Waals surface area (Å²) in [5, 5.41) is 12.2. The topological polar surface area (TPSA) is 57.6 Å². The molecular weight excluding hydrogens is 230 g/mol. The average molecular weight is 249 g/mol. The van der Waals surface area contributed by atoms with Crippen LogP contribution in [0.25, 0.3) is 0 Å². The Balaban J connectivity index is 1.87. The smallest absolute Gasteiger partial charge is 0.215 e. The van der Waals surface area contributed by atoms with Crippen LogP contribution in [0, 0.1) is 0 Å². The maximum absolute atomic E-state index is 8.78. The molecule has 0 saturated carbocycles. The first kappa shape index (κ1) is 11.7. The van der Waals surface area contributed by atoms with E-state index in [1.165, 1.54) is 5.56 Å². The zero-order valence-corrected chi connectivity index (χ0v) is 10.6. The number of ether oxygens (including phenoxy) is 1. The molecule has 1 saturated heterocycles. The number of fused-ring (bicyclic) bond motifs is 3. The molecule has 2 aliphatic heterocycles. The predicted molar refractivity (Wildman–Crippen MR) is 69.1 cm³/mol. The molecular formula is C13H19N3O2. The van der Waals surface area contributed by atoms with Gasteiger partial charge in [0.2, 0.25) is 5.88 Å². The van der Waals surface area contributed by atoms with E-state index < -0.39 is 0 Å². The molecule has 0 aromatic carbocycles. The number of hydrogen-bond donors (Lipinski definition) is 2. The molecule has 0 bridgehead atoms. The third kappa shape index (κ3) is 1.93. The van der Waals surface area contributed by atoms with Gasteiger partial charge in [0, 0.05) is 31.2 Å². The number of aliphatic hydroxyl groups is 1. The number of aliphatic hydroxyl groups excluding tert-OH is 1. The van der Waals surface area contributed by atoms with E-state index in [0.717, 1.165) is 25.3 Å². The molecule has 1 aromatic heterocycles. The summed E-state index contributed by atoms with van der Waals surface area (Å²) in [7, 11) is 0. The highest BCUT2D eigenvalue weighted by molar-refractivity contribution is 5.56. The van der Waals surface area contributed by atoms with Crippen molar-refractivity contribution in [3.63, 3.8) is 0 Å². The van der Waals surface area contributed by atoms with E-state index in [9.17, 15) is 0 Å². The van der Waals surface area contributed by atoms with Gasteiger partial charge in [0.25, 0.3) is 0 Å². The van der Waals surface area contributed by atoms with Crippen LogP contribution < -0.4 is 15.0 Å². The molecule has 1 fully saturated rings. The fourth-order valence-corrected chi connectivity index (χ4v) is 2.89. The van der Waals surface area contributed by atoms with Gasteiger partial charge in [-0.1, -0.05) is 0 Å². The van der Waals surface area contributed by atoms with E-state index in [1.807, 2.05) is 6.07 Å². The molecule has 1 aromatic rings. The molecule has 18 heavy (non-hydrogen) atoms. The summed E-state index contributed by atoms with van der Waals surface area (Å²) in [6, 6.07) is 4.97. The summed E-state index contributed by atoms with van der Waals surface area (Å²) < 4.78 is 5.39. The summed E-state index contributed by atoms with van der Waals surface area (Å²) in [6.07, 6.45) is 1.06. The molecule has 2 aliphatic rings. The van der Waals surface area contributed by atoms with Crippen LogP contribution in [0.5, 0.6) is 5.88 Å². The van der Waals surface area contributed by atoms with Crippen LogP contribution in [-0.2, 0) is 6.42 Å². The second-order valence-electron chi connectivity index (χ2n) is 4.98. The second kappa shape index (κ2) is 4.74. The van der Waals surface area contributed by atoms with Gasteiger partial charge < -0.3 is 20.1 Å². The zero-order valence-electron chi connectivity index (χ0n) is 10.6. The standard InChI is InChI=1S/C13H19N3O2/c1-9-7-14-8-11-6-10-2-3-12(18-5-4-17)15-13(10)16(9)11/h2-3,9,11,14,17H,4-8H2,1H3/t9-,11-/m1/s1. The Kier molecular flexibility index (Phi) is 3.09. The monoisotopic (exact) mass is 249 g/mol. The first-order valence-electron chi connectivity index (χ1n) is 6.52. The van der Waals surface area contributed by atoms with E-state index in [0.29, 0.717) is 24.6 Å². The lowest BCUT2D eigenvalue weighted by Gasteiger charge is -2.37. The number of hydrogen-bond acceptors (Lipinski definition) is 5. The van der Waals surface area contributed by atoms with Gasteiger partial charge in [-0.2, -0.15) is 4.98 Å². The highest BCUT2D eigenvalue weighted by atomic mass is 16.5. The molecule has 5 heteroatoms. The van der Waals surface area contributed by atoms with E-state index in [-0.39, 0.29) is 6.61 Å². The van der Waals surface area contributed by atoms with Gasteiger partial charge in [0.1, 0.15) is 12.4 Å². The van der Waals surface area contributed by atoms with Crippen LogP contribution in [-0.4, -0.2) is 48.5 Å². The average Bonchev–Trinajstić information content (AvgIpc) is 2.75. The van der Waals surface area contributed by atoms with Crippen molar-refractivity contribution >= 4 is 5.82 Å². The fraction of sp³-hybridized carbons (Fsp3) is 0.615. The summed E-state index contributed by atoms with van der Waals surface area (Å²) in [5.41, 5.74) is 1.30. The Bertz CT molecular complexity index is 438. The lowest BCUT2D eigenvalue weighted by molar-refractivity contribution is 0.196. The highest BCUT2D eigenvalue weighted by Gasteiger charge is 2.36.